The summed E-state index contributed by atoms with van der Waals surface area (Å²) in [6, 6.07) is 6.27. The second-order valence-electron chi connectivity index (χ2n) is 6.75. The van der Waals surface area contributed by atoms with Crippen molar-refractivity contribution in [2.75, 3.05) is 7.05 Å². The number of aromatic nitrogens is 2. The molecule has 0 atom stereocenters. The third-order valence-electron chi connectivity index (χ3n) is 4.46. The van der Waals surface area contributed by atoms with Crippen molar-refractivity contribution < 1.29 is 0 Å². The number of aliphatic imine (C=N–C) groups is 2. The van der Waals surface area contributed by atoms with E-state index in [9.17, 15) is 0 Å². The molecule has 29 heavy (non-hydrogen) atoms. The van der Waals surface area contributed by atoms with E-state index in [1.54, 1.807) is 13.3 Å². The first-order valence-corrected chi connectivity index (χ1v) is 9.95. The predicted molar refractivity (Wildman–Crippen MR) is 126 cm³/mol. The highest BCUT2D eigenvalue weighted by Gasteiger charge is 2.18. The predicted octanol–water partition coefficient (Wildman–Crippen LogP) is 5.72. The Morgan fingerprint density at radius 2 is 2.10 bits per heavy atom. The summed E-state index contributed by atoms with van der Waals surface area (Å²) >= 11 is 0. The van der Waals surface area contributed by atoms with Crippen LogP contribution in [-0.2, 0) is 6.54 Å². The van der Waals surface area contributed by atoms with Gasteiger partial charge in [-0.1, -0.05) is 25.0 Å². The minimum Gasteiger partial charge on any atom is -0.296 e. The van der Waals surface area contributed by atoms with Crippen LogP contribution in [0.5, 0.6) is 0 Å². The molecule has 0 N–H and O–H groups in total. The third-order valence-corrected chi connectivity index (χ3v) is 4.46. The number of hydrogen-bond donors (Lipinski definition) is 0. The van der Waals surface area contributed by atoms with Gasteiger partial charge in [0.25, 0.3) is 0 Å². The SMILES string of the molecule is CC#Cc1ccc(C)c(-c2nn(CCC)cc2C(/C=N\C)=C(C)\N=C/C=C\C)c1. The number of nitrogens with zero attached hydrogens (tertiary/aromatic N) is 4. The maximum Gasteiger partial charge on any atom is 0.101 e. The number of benzene rings is 1. The van der Waals surface area contributed by atoms with Gasteiger partial charge >= 0.3 is 0 Å². The summed E-state index contributed by atoms with van der Waals surface area (Å²) in [7, 11) is 1.78. The first-order valence-electron chi connectivity index (χ1n) is 9.95. The highest BCUT2D eigenvalue weighted by atomic mass is 15.3. The summed E-state index contributed by atoms with van der Waals surface area (Å²) in [5.41, 5.74) is 7.07. The van der Waals surface area contributed by atoms with E-state index in [1.165, 1.54) is 0 Å². The van der Waals surface area contributed by atoms with Crippen molar-refractivity contribution in [2.24, 2.45) is 9.98 Å². The first kappa shape index (κ1) is 22.1. The zero-order valence-electron chi connectivity index (χ0n) is 18.3. The van der Waals surface area contributed by atoms with E-state index >= 15 is 0 Å². The molecule has 4 heteroatoms. The largest absolute Gasteiger partial charge is 0.296 e. The number of hydrogen-bond acceptors (Lipinski definition) is 3. The summed E-state index contributed by atoms with van der Waals surface area (Å²) < 4.78 is 2.01. The van der Waals surface area contributed by atoms with E-state index < -0.39 is 0 Å². The Bertz CT molecular complexity index is 1020. The van der Waals surface area contributed by atoms with Crippen molar-refractivity contribution in [2.45, 2.75) is 47.6 Å². The van der Waals surface area contributed by atoms with Crippen LogP contribution in [-0.4, -0.2) is 29.3 Å². The molecule has 150 valence electrons. The fourth-order valence-electron chi connectivity index (χ4n) is 3.06. The van der Waals surface area contributed by atoms with Gasteiger partial charge in [-0.2, -0.15) is 5.10 Å². The van der Waals surface area contributed by atoms with Crippen LogP contribution < -0.4 is 0 Å². The van der Waals surface area contributed by atoms with Crippen molar-refractivity contribution in [3.63, 3.8) is 0 Å². The summed E-state index contributed by atoms with van der Waals surface area (Å²) in [5.74, 6) is 6.13. The normalized spacial score (nSPS) is 12.6. The molecule has 0 saturated carbocycles. The molecular weight excluding hydrogens is 356 g/mol. The van der Waals surface area contributed by atoms with Crippen molar-refractivity contribution in [3.8, 4) is 23.1 Å². The Kier molecular flexibility index (Phi) is 8.36. The lowest BCUT2D eigenvalue weighted by molar-refractivity contribution is 0.604. The summed E-state index contributed by atoms with van der Waals surface area (Å²) in [5, 5.41) is 4.92. The molecular formula is C25H30N4. The number of allylic oxidation sites excluding steroid dienone is 4. The molecule has 1 aromatic heterocycles. The average Bonchev–Trinajstić information content (AvgIpc) is 3.11. The van der Waals surface area contributed by atoms with Crippen LogP contribution in [0.25, 0.3) is 16.8 Å². The van der Waals surface area contributed by atoms with Crippen LogP contribution >= 0.6 is 0 Å². The third kappa shape index (κ3) is 5.65. The Morgan fingerprint density at radius 3 is 2.76 bits per heavy atom. The van der Waals surface area contributed by atoms with Crippen LogP contribution in [0, 0.1) is 18.8 Å². The maximum absolute atomic E-state index is 4.92. The van der Waals surface area contributed by atoms with Crippen molar-refractivity contribution in [1.29, 1.82) is 0 Å². The molecule has 0 saturated heterocycles. The van der Waals surface area contributed by atoms with Gasteiger partial charge in [-0.3, -0.25) is 14.7 Å². The molecule has 0 amide bonds. The fourth-order valence-corrected chi connectivity index (χ4v) is 3.06. The zero-order chi connectivity index (χ0) is 21.2. The monoisotopic (exact) mass is 386 g/mol. The van der Waals surface area contributed by atoms with Gasteiger partial charge < -0.3 is 0 Å². The van der Waals surface area contributed by atoms with Gasteiger partial charge in [0.15, 0.2) is 0 Å². The first-order chi connectivity index (χ1) is 14.0. The number of aryl methyl sites for hydroxylation is 2. The van der Waals surface area contributed by atoms with Gasteiger partial charge in [0.2, 0.25) is 0 Å². The summed E-state index contributed by atoms with van der Waals surface area (Å²) in [6.07, 6.45) is 10.7. The van der Waals surface area contributed by atoms with Gasteiger partial charge in [0.05, 0.1) is 0 Å². The highest BCUT2D eigenvalue weighted by molar-refractivity contribution is 6.13. The zero-order valence-corrected chi connectivity index (χ0v) is 18.3. The summed E-state index contributed by atoms with van der Waals surface area (Å²) in [4.78, 5) is 8.87. The van der Waals surface area contributed by atoms with E-state index in [0.717, 1.165) is 52.2 Å². The molecule has 0 fully saturated rings. The number of rotatable bonds is 7. The standard InChI is InChI=1S/C25H30N4/c1-7-10-14-27-20(5)23(17-26-6)24-18-29(15-9-3)28-25(24)22-16-21(11-8-2)13-12-19(22)4/h7,10,12-14,16-18H,9,15H2,1-6H3/b10-7-,23-20-,26-17-,27-14-. The van der Waals surface area contributed by atoms with Crippen molar-refractivity contribution in [3.05, 3.63) is 58.9 Å². The molecule has 0 bridgehead atoms. The van der Waals surface area contributed by atoms with Crippen LogP contribution in [0.1, 0.15) is 50.8 Å². The minimum atomic E-state index is 0.859. The van der Waals surface area contributed by atoms with Gasteiger partial charge in [-0.25, -0.2) is 0 Å². The lowest BCUT2D eigenvalue weighted by Gasteiger charge is -2.09. The topological polar surface area (TPSA) is 42.5 Å². The molecule has 0 aliphatic heterocycles. The molecule has 4 nitrogen and oxygen atoms in total. The van der Waals surface area contributed by atoms with Crippen molar-refractivity contribution in [1.82, 2.24) is 9.78 Å². The molecule has 0 radical (unpaired) electrons. The Hall–Kier alpha value is -3.19. The average molecular weight is 387 g/mol. The fraction of sp³-hybridized carbons (Fsp3) is 0.320. The molecule has 0 spiro atoms. The van der Waals surface area contributed by atoms with E-state index in [4.69, 9.17) is 5.10 Å². The van der Waals surface area contributed by atoms with Crippen LogP contribution in [0.2, 0.25) is 0 Å². The molecule has 1 heterocycles. The van der Waals surface area contributed by atoms with Gasteiger partial charge in [-0.15, -0.1) is 5.92 Å². The van der Waals surface area contributed by atoms with Crippen LogP contribution in [0.3, 0.4) is 0 Å². The highest BCUT2D eigenvalue weighted by Crippen LogP contribution is 2.32. The molecule has 2 rings (SSSR count). The lowest BCUT2D eigenvalue weighted by atomic mass is 9.96. The Labute approximate surface area is 174 Å². The van der Waals surface area contributed by atoms with E-state index in [2.05, 4.69) is 60.1 Å². The summed E-state index contributed by atoms with van der Waals surface area (Å²) in [6.45, 7) is 10.9. The van der Waals surface area contributed by atoms with Gasteiger partial charge in [0, 0.05) is 60.2 Å². The smallest absolute Gasteiger partial charge is 0.101 e. The molecule has 0 aliphatic rings. The Balaban J connectivity index is 2.76. The van der Waals surface area contributed by atoms with Crippen LogP contribution in [0.15, 0.2) is 52.2 Å². The molecule has 1 aromatic carbocycles. The van der Waals surface area contributed by atoms with Gasteiger partial charge in [0.1, 0.15) is 5.69 Å². The maximum atomic E-state index is 4.92. The second-order valence-corrected chi connectivity index (χ2v) is 6.75. The molecule has 2 aromatic rings. The minimum absolute atomic E-state index is 0.859. The quantitative estimate of drug-likeness (QED) is 0.443. The molecule has 0 unspecified atom stereocenters. The van der Waals surface area contributed by atoms with Gasteiger partial charge in [-0.05, 0) is 57.9 Å². The second kappa shape index (κ2) is 11.0. The van der Waals surface area contributed by atoms with E-state index in [1.807, 2.05) is 43.8 Å². The lowest BCUT2D eigenvalue weighted by Crippen LogP contribution is -1.97. The van der Waals surface area contributed by atoms with Crippen molar-refractivity contribution >= 4 is 18.0 Å². The van der Waals surface area contributed by atoms with Crippen LogP contribution in [0.4, 0.5) is 0 Å². The van der Waals surface area contributed by atoms with E-state index in [0.29, 0.717) is 0 Å². The Morgan fingerprint density at radius 1 is 1.31 bits per heavy atom. The van der Waals surface area contributed by atoms with E-state index in [-0.39, 0.29) is 0 Å². The molecule has 0 aliphatic carbocycles.